The van der Waals surface area contributed by atoms with Crippen molar-refractivity contribution in [3.8, 4) is 0 Å². The van der Waals surface area contributed by atoms with E-state index in [4.69, 9.17) is 0 Å². The smallest absolute Gasteiger partial charge is 0.0534 e. The number of benzene rings is 1. The number of rotatable bonds is 0. The van der Waals surface area contributed by atoms with Gasteiger partial charge >= 0.3 is 0 Å². The van der Waals surface area contributed by atoms with Crippen LogP contribution in [0.25, 0.3) is 16.4 Å². The lowest BCUT2D eigenvalue weighted by Crippen LogP contribution is -1.79. The zero-order valence-electron chi connectivity index (χ0n) is 7.07. The molecule has 0 aliphatic carbocycles. The van der Waals surface area contributed by atoms with Crippen molar-refractivity contribution >= 4 is 16.4 Å². The molecule has 3 rings (SSSR count). The van der Waals surface area contributed by atoms with E-state index >= 15 is 0 Å². The summed E-state index contributed by atoms with van der Waals surface area (Å²) in [6.45, 7) is 0. The van der Waals surface area contributed by atoms with E-state index in [0.717, 1.165) is 0 Å². The minimum atomic E-state index is 1.17. The minimum Gasteiger partial charge on any atom is -0.317 e. The normalized spacial score (nSPS) is 11.1. The zero-order valence-corrected chi connectivity index (χ0v) is 7.07. The summed E-state index contributed by atoms with van der Waals surface area (Å²) < 4.78 is 2.17. The average Bonchev–Trinajstić information content (AvgIpc) is 2.56. The fourth-order valence-corrected chi connectivity index (χ4v) is 1.71. The fourth-order valence-electron chi connectivity index (χ4n) is 1.71. The average molecular weight is 166 g/mol. The van der Waals surface area contributed by atoms with Crippen LogP contribution in [0.15, 0.2) is 48.7 Å². The Hall–Kier alpha value is -1.76. The Bertz CT molecular complexity index is 513. The lowest BCUT2D eigenvalue weighted by molar-refractivity contribution is 1.25. The van der Waals surface area contributed by atoms with Crippen LogP contribution in [0, 0.1) is 6.07 Å². The Kier molecular flexibility index (Phi) is 1.22. The van der Waals surface area contributed by atoms with Crippen molar-refractivity contribution < 1.29 is 0 Å². The van der Waals surface area contributed by atoms with E-state index in [0.29, 0.717) is 0 Å². The van der Waals surface area contributed by atoms with Gasteiger partial charge in [-0.2, -0.15) is 0 Å². The molecule has 0 aliphatic heterocycles. The van der Waals surface area contributed by atoms with Crippen molar-refractivity contribution in [3.05, 3.63) is 54.7 Å². The van der Waals surface area contributed by atoms with Crippen molar-refractivity contribution in [1.29, 1.82) is 0 Å². The summed E-state index contributed by atoms with van der Waals surface area (Å²) in [5.74, 6) is 0. The predicted octanol–water partition coefficient (Wildman–Crippen LogP) is 2.89. The van der Waals surface area contributed by atoms with Crippen molar-refractivity contribution in [2.24, 2.45) is 0 Å². The fraction of sp³-hybridized carbons (Fsp3) is 0. The van der Waals surface area contributed by atoms with Gasteiger partial charge in [0.25, 0.3) is 0 Å². The molecule has 0 saturated carbocycles. The van der Waals surface area contributed by atoms with Crippen molar-refractivity contribution in [1.82, 2.24) is 4.40 Å². The summed E-state index contributed by atoms with van der Waals surface area (Å²) in [7, 11) is 0. The summed E-state index contributed by atoms with van der Waals surface area (Å²) >= 11 is 0. The van der Waals surface area contributed by atoms with Gasteiger partial charge in [-0.3, -0.25) is 0 Å². The Balaban J connectivity index is 2.64. The van der Waals surface area contributed by atoms with Gasteiger partial charge in [-0.05, 0) is 30.3 Å². The van der Waals surface area contributed by atoms with Crippen molar-refractivity contribution in [2.75, 3.05) is 0 Å². The lowest BCUT2D eigenvalue weighted by Gasteiger charge is -1.93. The van der Waals surface area contributed by atoms with Gasteiger partial charge in [0.2, 0.25) is 0 Å². The molecule has 13 heavy (non-hydrogen) atoms. The molecule has 61 valence electrons. The van der Waals surface area contributed by atoms with E-state index in [2.05, 4.69) is 34.9 Å². The molecule has 1 nitrogen and oxygen atoms in total. The molecule has 0 atom stereocenters. The third-order valence-corrected chi connectivity index (χ3v) is 2.31. The number of hydrogen-bond acceptors (Lipinski definition) is 0. The Morgan fingerprint density at radius 2 is 2.08 bits per heavy atom. The molecule has 0 unspecified atom stereocenters. The third-order valence-electron chi connectivity index (χ3n) is 2.31. The monoisotopic (exact) mass is 166 g/mol. The van der Waals surface area contributed by atoms with Crippen LogP contribution in [-0.2, 0) is 0 Å². The van der Waals surface area contributed by atoms with E-state index < -0.39 is 0 Å². The van der Waals surface area contributed by atoms with Crippen LogP contribution in [0.4, 0.5) is 0 Å². The second kappa shape index (κ2) is 2.36. The van der Waals surface area contributed by atoms with Crippen LogP contribution in [0.3, 0.4) is 0 Å². The standard InChI is InChI=1S/C12H8N/c1-2-7-12-10(5-1)9-11-6-3-4-8-13(11)12/h1-4,6-9H. The van der Waals surface area contributed by atoms with Crippen LogP contribution >= 0.6 is 0 Å². The topological polar surface area (TPSA) is 4.41 Å². The second-order valence-electron chi connectivity index (χ2n) is 3.11. The Labute approximate surface area is 76.2 Å². The summed E-state index contributed by atoms with van der Waals surface area (Å²) in [4.78, 5) is 0. The maximum absolute atomic E-state index is 3.22. The molecule has 2 heterocycles. The van der Waals surface area contributed by atoms with Crippen LogP contribution in [0.1, 0.15) is 0 Å². The van der Waals surface area contributed by atoms with Crippen molar-refractivity contribution in [2.45, 2.75) is 0 Å². The zero-order chi connectivity index (χ0) is 8.67. The number of aromatic nitrogens is 1. The van der Waals surface area contributed by atoms with Gasteiger partial charge in [-0.25, -0.2) is 0 Å². The molecule has 1 heteroatoms. The maximum atomic E-state index is 3.22. The summed E-state index contributed by atoms with van der Waals surface area (Å²) in [5, 5.41) is 1.17. The molecular formula is C12H8N. The van der Waals surface area contributed by atoms with Crippen LogP contribution in [-0.4, -0.2) is 4.40 Å². The summed E-state index contributed by atoms with van der Waals surface area (Å²) in [5.41, 5.74) is 2.44. The second-order valence-corrected chi connectivity index (χ2v) is 3.11. The van der Waals surface area contributed by atoms with Crippen LogP contribution in [0.5, 0.6) is 0 Å². The first-order chi connectivity index (χ1) is 6.45. The highest BCUT2D eigenvalue weighted by Crippen LogP contribution is 2.18. The molecule has 0 aliphatic rings. The molecule has 0 amide bonds. The molecule has 0 N–H and O–H groups in total. The molecule has 1 radical (unpaired) electrons. The van der Waals surface area contributed by atoms with E-state index in [9.17, 15) is 0 Å². The molecule has 0 saturated heterocycles. The highest BCUT2D eigenvalue weighted by molar-refractivity contribution is 5.86. The number of pyridine rings is 1. The highest BCUT2D eigenvalue weighted by atomic mass is 14.9. The van der Waals surface area contributed by atoms with E-state index in [1.165, 1.54) is 16.4 Å². The molecule has 2 aromatic heterocycles. The number of hydrogen-bond donors (Lipinski definition) is 0. The minimum absolute atomic E-state index is 1.17. The first-order valence-electron chi connectivity index (χ1n) is 4.32. The third kappa shape index (κ3) is 0.872. The Morgan fingerprint density at radius 3 is 3.08 bits per heavy atom. The molecular weight excluding hydrogens is 158 g/mol. The SMILES string of the molecule is [c]1cccc2c1cc1ccccn12. The van der Waals surface area contributed by atoms with Crippen molar-refractivity contribution in [3.63, 3.8) is 0 Å². The lowest BCUT2D eigenvalue weighted by atomic mass is 10.2. The molecule has 1 aromatic carbocycles. The van der Waals surface area contributed by atoms with Gasteiger partial charge in [-0.15, -0.1) is 0 Å². The van der Waals surface area contributed by atoms with E-state index in [1.807, 2.05) is 24.3 Å². The van der Waals surface area contributed by atoms with Gasteiger partial charge in [0.1, 0.15) is 0 Å². The van der Waals surface area contributed by atoms with E-state index in [-0.39, 0.29) is 0 Å². The molecule has 3 aromatic rings. The first-order valence-corrected chi connectivity index (χ1v) is 4.32. The summed E-state index contributed by atoms with van der Waals surface area (Å²) in [6.07, 6.45) is 2.07. The van der Waals surface area contributed by atoms with E-state index in [1.54, 1.807) is 0 Å². The predicted molar refractivity (Wildman–Crippen MR) is 53.7 cm³/mol. The van der Waals surface area contributed by atoms with Gasteiger partial charge in [0.05, 0.1) is 5.52 Å². The van der Waals surface area contributed by atoms with Gasteiger partial charge in [0, 0.05) is 17.1 Å². The largest absolute Gasteiger partial charge is 0.317 e. The van der Waals surface area contributed by atoms with Gasteiger partial charge in [-0.1, -0.05) is 18.2 Å². The summed E-state index contributed by atoms with van der Waals surface area (Å²) in [6, 6.07) is 17.6. The van der Waals surface area contributed by atoms with Crippen LogP contribution < -0.4 is 0 Å². The number of nitrogens with zero attached hydrogens (tertiary/aromatic N) is 1. The quantitative estimate of drug-likeness (QED) is 0.483. The molecule has 0 spiro atoms. The van der Waals surface area contributed by atoms with Gasteiger partial charge < -0.3 is 4.40 Å². The maximum Gasteiger partial charge on any atom is 0.0534 e. The first kappa shape index (κ1) is 6.72. The van der Waals surface area contributed by atoms with Crippen LogP contribution in [0.2, 0.25) is 0 Å². The molecule has 0 bridgehead atoms. The Morgan fingerprint density at radius 1 is 1.08 bits per heavy atom. The highest BCUT2D eigenvalue weighted by Gasteiger charge is 1.98. The van der Waals surface area contributed by atoms with Gasteiger partial charge in [0.15, 0.2) is 0 Å². The number of fused-ring (bicyclic) bond motifs is 3. The molecule has 0 fully saturated rings.